The van der Waals surface area contributed by atoms with Gasteiger partial charge in [-0.1, -0.05) is 11.6 Å². The highest BCUT2D eigenvalue weighted by Gasteiger charge is 2.12. The molecule has 0 saturated carbocycles. The van der Waals surface area contributed by atoms with Crippen LogP contribution in [0.4, 0.5) is 14.9 Å². The number of hydrogen-bond donors (Lipinski definition) is 4. The van der Waals surface area contributed by atoms with Crippen molar-refractivity contribution in [1.29, 1.82) is 0 Å². The second kappa shape index (κ2) is 7.79. The SMILES string of the molecule is O=C(O)CNC(=O)CNC(=O)Nc1c(Cl)cc(F)cc1Br. The fraction of sp³-hybridized carbons (Fsp3) is 0.182. The van der Waals surface area contributed by atoms with Gasteiger partial charge < -0.3 is 21.1 Å². The Labute approximate surface area is 132 Å². The average Bonchev–Trinajstić information content (AvgIpc) is 2.38. The first-order valence-electron chi connectivity index (χ1n) is 5.47. The zero-order chi connectivity index (χ0) is 16.0. The van der Waals surface area contributed by atoms with E-state index in [2.05, 4.69) is 31.9 Å². The van der Waals surface area contributed by atoms with Gasteiger partial charge in [0.05, 0.1) is 17.3 Å². The van der Waals surface area contributed by atoms with Crippen LogP contribution in [0.15, 0.2) is 16.6 Å². The first kappa shape index (κ1) is 17.2. The molecule has 0 aromatic heterocycles. The van der Waals surface area contributed by atoms with Gasteiger partial charge in [0, 0.05) is 4.47 Å². The molecule has 0 aliphatic carbocycles. The van der Waals surface area contributed by atoms with Crippen molar-refractivity contribution in [3.05, 3.63) is 27.4 Å². The van der Waals surface area contributed by atoms with Crippen molar-refractivity contribution in [1.82, 2.24) is 10.6 Å². The topological polar surface area (TPSA) is 108 Å². The third-order valence-electron chi connectivity index (χ3n) is 2.09. The number of anilines is 1. The van der Waals surface area contributed by atoms with E-state index < -0.39 is 36.8 Å². The van der Waals surface area contributed by atoms with E-state index in [1.54, 1.807) is 0 Å². The minimum atomic E-state index is -1.20. The number of nitrogens with one attached hydrogen (secondary N) is 3. The number of carbonyl (C=O) groups is 3. The normalized spacial score (nSPS) is 9.86. The molecule has 3 amide bonds. The van der Waals surface area contributed by atoms with Gasteiger partial charge in [0.15, 0.2) is 0 Å². The summed E-state index contributed by atoms with van der Waals surface area (Å²) in [7, 11) is 0. The Balaban J connectivity index is 2.51. The van der Waals surface area contributed by atoms with Crippen molar-refractivity contribution >= 4 is 51.1 Å². The summed E-state index contributed by atoms with van der Waals surface area (Å²) in [5.74, 6) is -2.45. The van der Waals surface area contributed by atoms with Crippen LogP contribution in [0.25, 0.3) is 0 Å². The van der Waals surface area contributed by atoms with Gasteiger partial charge in [-0.2, -0.15) is 0 Å². The third kappa shape index (κ3) is 5.96. The van der Waals surface area contributed by atoms with Gasteiger partial charge in [-0.25, -0.2) is 9.18 Å². The molecule has 0 aliphatic heterocycles. The molecular formula is C11H10BrClFN3O4. The Kier molecular flexibility index (Phi) is 6.38. The number of aliphatic carboxylic acids is 1. The van der Waals surface area contributed by atoms with Crippen molar-refractivity contribution in [2.24, 2.45) is 0 Å². The lowest BCUT2D eigenvalue weighted by Gasteiger charge is -2.10. The van der Waals surface area contributed by atoms with Crippen molar-refractivity contribution in [3.8, 4) is 0 Å². The van der Waals surface area contributed by atoms with E-state index in [-0.39, 0.29) is 15.2 Å². The molecule has 1 aromatic carbocycles. The van der Waals surface area contributed by atoms with Gasteiger partial charge in [-0.05, 0) is 28.1 Å². The maximum absolute atomic E-state index is 13.0. The molecule has 1 rings (SSSR count). The largest absolute Gasteiger partial charge is 0.480 e. The highest BCUT2D eigenvalue weighted by atomic mass is 79.9. The summed E-state index contributed by atoms with van der Waals surface area (Å²) in [5.41, 5.74) is 0.140. The number of carboxylic acids is 1. The highest BCUT2D eigenvalue weighted by molar-refractivity contribution is 9.10. The van der Waals surface area contributed by atoms with Crippen LogP contribution in [-0.2, 0) is 9.59 Å². The molecule has 0 saturated heterocycles. The first-order valence-corrected chi connectivity index (χ1v) is 6.64. The van der Waals surface area contributed by atoms with Crippen LogP contribution in [0.1, 0.15) is 0 Å². The molecule has 0 radical (unpaired) electrons. The van der Waals surface area contributed by atoms with Crippen LogP contribution in [0.3, 0.4) is 0 Å². The molecular weight excluding hydrogens is 372 g/mol. The fourth-order valence-corrected chi connectivity index (χ4v) is 2.12. The van der Waals surface area contributed by atoms with Gasteiger partial charge in [-0.15, -0.1) is 0 Å². The maximum atomic E-state index is 13.0. The van der Waals surface area contributed by atoms with Gasteiger partial charge in [-0.3, -0.25) is 9.59 Å². The van der Waals surface area contributed by atoms with Crippen molar-refractivity contribution in [3.63, 3.8) is 0 Å². The molecule has 10 heteroatoms. The van der Waals surface area contributed by atoms with E-state index in [0.29, 0.717) is 0 Å². The van der Waals surface area contributed by atoms with E-state index in [4.69, 9.17) is 16.7 Å². The van der Waals surface area contributed by atoms with Crippen LogP contribution >= 0.6 is 27.5 Å². The predicted octanol–water partition coefficient (Wildman–Crippen LogP) is 1.56. The third-order valence-corrected chi connectivity index (χ3v) is 3.02. The summed E-state index contributed by atoms with van der Waals surface area (Å²) in [4.78, 5) is 33.0. The summed E-state index contributed by atoms with van der Waals surface area (Å²) in [5, 5.41) is 14.9. The number of halogens is 3. The summed E-state index contributed by atoms with van der Waals surface area (Å²) >= 11 is 8.80. The predicted molar refractivity (Wildman–Crippen MR) is 76.8 cm³/mol. The highest BCUT2D eigenvalue weighted by Crippen LogP contribution is 2.31. The number of urea groups is 1. The number of benzene rings is 1. The average molecular weight is 383 g/mol. The lowest BCUT2D eigenvalue weighted by molar-refractivity contribution is -0.137. The maximum Gasteiger partial charge on any atom is 0.322 e. The fourth-order valence-electron chi connectivity index (χ4n) is 1.22. The Morgan fingerprint density at radius 1 is 1.24 bits per heavy atom. The number of hydrogen-bond acceptors (Lipinski definition) is 3. The second-order valence-corrected chi connectivity index (χ2v) is 4.98. The molecule has 0 unspecified atom stereocenters. The van der Waals surface area contributed by atoms with Crippen LogP contribution < -0.4 is 16.0 Å². The molecule has 0 heterocycles. The van der Waals surface area contributed by atoms with E-state index in [9.17, 15) is 18.8 Å². The van der Waals surface area contributed by atoms with Crippen LogP contribution in [0.2, 0.25) is 5.02 Å². The molecule has 0 spiro atoms. The zero-order valence-electron chi connectivity index (χ0n) is 10.4. The minimum Gasteiger partial charge on any atom is -0.480 e. The Hall–Kier alpha value is -1.87. The van der Waals surface area contributed by atoms with Crippen molar-refractivity contribution < 1.29 is 23.9 Å². The molecule has 21 heavy (non-hydrogen) atoms. The Morgan fingerprint density at radius 3 is 2.48 bits per heavy atom. The van der Waals surface area contributed by atoms with E-state index in [0.717, 1.165) is 12.1 Å². The monoisotopic (exact) mass is 381 g/mol. The van der Waals surface area contributed by atoms with Crippen LogP contribution in [0, 0.1) is 5.82 Å². The van der Waals surface area contributed by atoms with Crippen molar-refractivity contribution in [2.75, 3.05) is 18.4 Å². The van der Waals surface area contributed by atoms with Gasteiger partial charge in [0.2, 0.25) is 5.91 Å². The number of carbonyl (C=O) groups excluding carboxylic acids is 2. The molecule has 4 N–H and O–H groups in total. The van der Waals surface area contributed by atoms with E-state index in [1.807, 2.05) is 0 Å². The molecule has 0 atom stereocenters. The lowest BCUT2D eigenvalue weighted by atomic mass is 10.3. The number of amides is 3. The smallest absolute Gasteiger partial charge is 0.322 e. The van der Waals surface area contributed by atoms with Gasteiger partial charge in [0.25, 0.3) is 0 Å². The lowest BCUT2D eigenvalue weighted by Crippen LogP contribution is -2.40. The molecule has 0 bridgehead atoms. The second-order valence-electron chi connectivity index (χ2n) is 3.72. The van der Waals surface area contributed by atoms with Crippen LogP contribution in [-0.4, -0.2) is 36.1 Å². The van der Waals surface area contributed by atoms with Gasteiger partial charge >= 0.3 is 12.0 Å². The van der Waals surface area contributed by atoms with E-state index >= 15 is 0 Å². The summed E-state index contributed by atoms with van der Waals surface area (Å²) in [6.45, 7) is -0.965. The quantitative estimate of drug-likeness (QED) is 0.620. The minimum absolute atomic E-state index is 0.0210. The molecule has 0 fully saturated rings. The van der Waals surface area contributed by atoms with Gasteiger partial charge in [0.1, 0.15) is 12.4 Å². The summed E-state index contributed by atoms with van der Waals surface area (Å²) < 4.78 is 13.2. The first-order chi connectivity index (χ1) is 9.79. The van der Waals surface area contributed by atoms with E-state index in [1.165, 1.54) is 0 Å². The Bertz CT molecular complexity index is 562. The summed E-state index contributed by atoms with van der Waals surface area (Å²) in [6, 6.07) is 1.37. The van der Waals surface area contributed by atoms with Crippen LogP contribution in [0.5, 0.6) is 0 Å². The van der Waals surface area contributed by atoms with Crippen molar-refractivity contribution in [2.45, 2.75) is 0 Å². The Morgan fingerprint density at radius 2 is 1.90 bits per heavy atom. The molecule has 0 aliphatic rings. The summed E-state index contributed by atoms with van der Waals surface area (Å²) in [6.07, 6.45) is 0. The molecule has 7 nitrogen and oxygen atoms in total. The number of rotatable bonds is 5. The molecule has 1 aromatic rings. The zero-order valence-corrected chi connectivity index (χ0v) is 12.7. The molecule has 114 valence electrons. The standard InChI is InChI=1S/C11H10BrClFN3O4/c12-6-1-5(14)2-7(13)10(6)17-11(21)16-3-8(18)15-4-9(19)20/h1-2H,3-4H2,(H,15,18)(H,19,20)(H2,16,17,21). The number of carboxylic acid groups (broad SMARTS) is 1.